The van der Waals surface area contributed by atoms with E-state index in [0.29, 0.717) is 34.1 Å². The van der Waals surface area contributed by atoms with E-state index in [1.165, 1.54) is 28.6 Å². The first-order valence-electron chi connectivity index (χ1n) is 6.86. The molecule has 2 aromatic heterocycles. The number of rotatable bonds is 6. The van der Waals surface area contributed by atoms with Crippen LogP contribution < -0.4 is 0 Å². The van der Waals surface area contributed by atoms with E-state index in [0.717, 1.165) is 12.1 Å². The van der Waals surface area contributed by atoms with Crippen LogP contribution in [0, 0.1) is 0 Å². The van der Waals surface area contributed by atoms with Crippen molar-refractivity contribution < 1.29 is 17.6 Å². The Morgan fingerprint density at radius 2 is 1.84 bits per heavy atom. The average Bonchev–Trinajstić information content (AvgIpc) is 3.21. The predicted octanol–water partition coefficient (Wildman–Crippen LogP) is 3.22. The molecule has 1 aromatic carbocycles. The molecule has 3 rings (SSSR count). The van der Waals surface area contributed by atoms with Crippen molar-refractivity contribution in [1.82, 2.24) is 30.4 Å². The van der Waals surface area contributed by atoms with Gasteiger partial charge in [-0.2, -0.15) is 29.6 Å². The Labute approximate surface area is 148 Å². The van der Waals surface area contributed by atoms with Crippen LogP contribution in [0.2, 0.25) is 0 Å². The summed E-state index contributed by atoms with van der Waals surface area (Å²) in [6.07, 6.45) is -2.46. The van der Waals surface area contributed by atoms with Gasteiger partial charge in [0.25, 0.3) is 5.22 Å². The molecule has 12 heteroatoms. The van der Waals surface area contributed by atoms with Crippen molar-refractivity contribution in [1.29, 1.82) is 0 Å². The highest BCUT2D eigenvalue weighted by atomic mass is 32.2. The number of hydrogen-bond acceptors (Lipinski definition) is 8. The molecule has 0 aliphatic heterocycles. The van der Waals surface area contributed by atoms with Gasteiger partial charge in [-0.25, -0.2) is 0 Å². The van der Waals surface area contributed by atoms with Crippen LogP contribution in [-0.2, 0) is 17.7 Å². The molecule has 0 unspecified atom stereocenters. The summed E-state index contributed by atoms with van der Waals surface area (Å²) >= 11 is 2.81. The highest BCUT2D eigenvalue weighted by Gasteiger charge is 2.30. The molecule has 0 atom stereocenters. The first kappa shape index (κ1) is 17.7. The predicted molar refractivity (Wildman–Crippen MR) is 85.2 cm³/mol. The first-order valence-corrected chi connectivity index (χ1v) is 9.24. The molecule has 0 aliphatic rings. The normalized spacial score (nSPS) is 11.8. The van der Waals surface area contributed by atoms with Crippen molar-refractivity contribution in [3.63, 3.8) is 0 Å². The molecular weight excluding hydrogens is 377 g/mol. The lowest BCUT2D eigenvalue weighted by Crippen LogP contribution is -2.06. The van der Waals surface area contributed by atoms with E-state index in [4.69, 9.17) is 4.42 Å². The Kier molecular flexibility index (Phi) is 5.27. The highest BCUT2D eigenvalue weighted by molar-refractivity contribution is 7.98. The monoisotopic (exact) mass is 388 g/mol. The summed E-state index contributed by atoms with van der Waals surface area (Å²) in [6.45, 7) is 0. The third-order valence-corrected chi connectivity index (χ3v) is 4.36. The van der Waals surface area contributed by atoms with E-state index in [1.807, 2.05) is 6.26 Å². The molecule has 132 valence electrons. The Bertz CT molecular complexity index is 833. The van der Waals surface area contributed by atoms with Crippen molar-refractivity contribution in [3.8, 4) is 5.69 Å². The number of aromatic nitrogens is 6. The van der Waals surface area contributed by atoms with E-state index in [-0.39, 0.29) is 0 Å². The van der Waals surface area contributed by atoms with Crippen LogP contribution in [0.15, 0.2) is 33.9 Å². The van der Waals surface area contributed by atoms with Crippen LogP contribution in [0.3, 0.4) is 0 Å². The van der Waals surface area contributed by atoms with Crippen LogP contribution in [0.1, 0.15) is 17.3 Å². The molecule has 0 aliphatic carbocycles. The molecular formula is C13H11F3N6OS2. The third-order valence-electron chi connectivity index (χ3n) is 3.01. The van der Waals surface area contributed by atoms with Crippen LogP contribution in [0.5, 0.6) is 0 Å². The standard InChI is InChI=1S/C13H11F3N6OS2/c1-24-7-11-18-19-12(23-11)25-6-10-17-20-21-22(10)9-4-2-8(3-5-9)13(14,15)16/h2-5H,6-7H2,1H3. The smallest absolute Gasteiger partial charge is 0.415 e. The van der Waals surface area contributed by atoms with Gasteiger partial charge in [0, 0.05) is 0 Å². The molecule has 0 N–H and O–H groups in total. The number of nitrogens with zero attached hydrogens (tertiary/aromatic N) is 6. The molecule has 0 spiro atoms. The summed E-state index contributed by atoms with van der Waals surface area (Å²) in [6, 6.07) is 4.61. The van der Waals surface area contributed by atoms with Crippen molar-refractivity contribution in [3.05, 3.63) is 41.5 Å². The number of benzene rings is 1. The fourth-order valence-corrected chi connectivity index (χ4v) is 2.94. The lowest BCUT2D eigenvalue weighted by molar-refractivity contribution is -0.137. The zero-order chi connectivity index (χ0) is 17.9. The van der Waals surface area contributed by atoms with Gasteiger partial charge < -0.3 is 4.42 Å². The summed E-state index contributed by atoms with van der Waals surface area (Å²) in [5, 5.41) is 19.5. The summed E-state index contributed by atoms with van der Waals surface area (Å²) in [4.78, 5) is 0. The van der Waals surface area contributed by atoms with Crippen LogP contribution in [0.4, 0.5) is 13.2 Å². The lowest BCUT2D eigenvalue weighted by atomic mass is 10.2. The number of thioether (sulfide) groups is 2. The quantitative estimate of drug-likeness (QED) is 0.596. The molecule has 0 saturated carbocycles. The van der Waals surface area contributed by atoms with Crippen LogP contribution in [0.25, 0.3) is 5.69 Å². The van der Waals surface area contributed by atoms with Crippen molar-refractivity contribution in [2.75, 3.05) is 6.26 Å². The zero-order valence-corrected chi connectivity index (χ0v) is 14.4. The lowest BCUT2D eigenvalue weighted by Gasteiger charge is -2.08. The van der Waals surface area contributed by atoms with E-state index < -0.39 is 11.7 Å². The molecule has 25 heavy (non-hydrogen) atoms. The summed E-state index contributed by atoms with van der Waals surface area (Å²) in [7, 11) is 0. The molecule has 0 saturated heterocycles. The van der Waals surface area contributed by atoms with Crippen LogP contribution in [-0.4, -0.2) is 36.7 Å². The molecule has 3 aromatic rings. The minimum Gasteiger partial charge on any atom is -0.415 e. The van der Waals surface area contributed by atoms with Gasteiger partial charge in [0.15, 0.2) is 5.82 Å². The number of halogens is 3. The molecule has 0 radical (unpaired) electrons. The van der Waals surface area contributed by atoms with Gasteiger partial charge in [0.2, 0.25) is 5.89 Å². The Hall–Kier alpha value is -2.08. The Balaban J connectivity index is 1.71. The molecule has 2 heterocycles. The maximum Gasteiger partial charge on any atom is 0.416 e. The minimum atomic E-state index is -4.38. The summed E-state index contributed by atoms with van der Waals surface area (Å²) < 4.78 is 44.7. The van der Waals surface area contributed by atoms with Crippen LogP contribution >= 0.6 is 23.5 Å². The van der Waals surface area contributed by atoms with E-state index in [2.05, 4.69) is 25.7 Å². The second-order valence-corrected chi connectivity index (χ2v) is 6.53. The minimum absolute atomic E-state index is 0.328. The number of tetrazole rings is 1. The van der Waals surface area contributed by atoms with Crippen molar-refractivity contribution in [2.45, 2.75) is 22.9 Å². The topological polar surface area (TPSA) is 82.5 Å². The molecule has 0 fully saturated rings. The summed E-state index contributed by atoms with van der Waals surface area (Å²) in [5.41, 5.74) is -0.297. The van der Waals surface area contributed by atoms with Gasteiger partial charge >= 0.3 is 6.18 Å². The van der Waals surface area contributed by atoms with E-state index in [1.54, 1.807) is 11.8 Å². The number of hydrogen-bond donors (Lipinski definition) is 0. The Morgan fingerprint density at radius 1 is 1.08 bits per heavy atom. The maximum absolute atomic E-state index is 12.6. The van der Waals surface area contributed by atoms with Gasteiger partial charge in [-0.05, 0) is 40.9 Å². The molecule has 7 nitrogen and oxygen atoms in total. The highest BCUT2D eigenvalue weighted by Crippen LogP contribution is 2.30. The second-order valence-electron chi connectivity index (χ2n) is 4.73. The molecule has 0 amide bonds. The summed E-state index contributed by atoms with van der Waals surface area (Å²) in [5.74, 6) is 1.93. The van der Waals surface area contributed by atoms with Crippen molar-refractivity contribution in [2.24, 2.45) is 0 Å². The SMILES string of the molecule is CSCc1nnc(SCc2nnnn2-c2ccc(C(F)(F)F)cc2)o1. The fraction of sp³-hybridized carbons (Fsp3) is 0.308. The zero-order valence-electron chi connectivity index (χ0n) is 12.8. The fourth-order valence-electron chi connectivity index (χ4n) is 1.89. The molecule has 0 bridgehead atoms. The van der Waals surface area contributed by atoms with E-state index in [9.17, 15) is 13.2 Å². The van der Waals surface area contributed by atoms with Gasteiger partial charge in [-0.15, -0.1) is 15.3 Å². The average molecular weight is 388 g/mol. The number of alkyl halides is 3. The second kappa shape index (κ2) is 7.44. The van der Waals surface area contributed by atoms with Gasteiger partial charge in [-0.3, -0.25) is 0 Å². The largest absolute Gasteiger partial charge is 0.416 e. The van der Waals surface area contributed by atoms with Crippen molar-refractivity contribution >= 4 is 23.5 Å². The maximum atomic E-state index is 12.6. The Morgan fingerprint density at radius 3 is 2.52 bits per heavy atom. The van der Waals surface area contributed by atoms with Gasteiger partial charge in [-0.1, -0.05) is 11.8 Å². The third kappa shape index (κ3) is 4.31. The first-order chi connectivity index (χ1) is 12.0. The van der Waals surface area contributed by atoms with Gasteiger partial charge in [0.1, 0.15) is 0 Å². The van der Waals surface area contributed by atoms with Gasteiger partial charge in [0.05, 0.1) is 22.8 Å². The van der Waals surface area contributed by atoms with E-state index >= 15 is 0 Å².